The average molecular weight is 206 g/mol. The predicted molar refractivity (Wildman–Crippen MR) is 61.5 cm³/mol. The molecule has 15 heavy (non-hydrogen) atoms. The summed E-state index contributed by atoms with van der Waals surface area (Å²) in [6.45, 7) is 0.670. The minimum absolute atomic E-state index is 0.629. The van der Waals surface area contributed by atoms with E-state index in [9.17, 15) is 0 Å². The van der Waals surface area contributed by atoms with E-state index >= 15 is 0 Å². The van der Waals surface area contributed by atoms with E-state index in [1.807, 2.05) is 24.9 Å². The SMILES string of the molecule is CN(C(N)=NCc1ccn(C)c1)C1CC1. The van der Waals surface area contributed by atoms with Crippen molar-refractivity contribution in [1.82, 2.24) is 9.47 Å². The van der Waals surface area contributed by atoms with E-state index in [1.54, 1.807) is 0 Å². The molecule has 1 aromatic rings. The van der Waals surface area contributed by atoms with Crippen LogP contribution in [0.1, 0.15) is 18.4 Å². The zero-order valence-electron chi connectivity index (χ0n) is 9.35. The maximum atomic E-state index is 5.88. The fraction of sp³-hybridized carbons (Fsp3) is 0.545. The number of nitrogens with two attached hydrogens (primary N) is 1. The molecule has 2 rings (SSSR count). The summed E-state index contributed by atoms with van der Waals surface area (Å²) >= 11 is 0. The molecular weight excluding hydrogens is 188 g/mol. The molecule has 1 saturated carbocycles. The zero-order valence-corrected chi connectivity index (χ0v) is 9.35. The average Bonchev–Trinajstić information content (AvgIpc) is 2.98. The van der Waals surface area contributed by atoms with Gasteiger partial charge in [0, 0.05) is 32.5 Å². The lowest BCUT2D eigenvalue weighted by atomic mass is 10.3. The summed E-state index contributed by atoms with van der Waals surface area (Å²) in [6.07, 6.45) is 6.58. The van der Waals surface area contributed by atoms with Gasteiger partial charge in [-0.15, -0.1) is 0 Å². The van der Waals surface area contributed by atoms with Crippen LogP contribution in [0, 0.1) is 0 Å². The lowest BCUT2D eigenvalue weighted by molar-refractivity contribution is 0.487. The highest BCUT2D eigenvalue weighted by Crippen LogP contribution is 2.24. The second-order valence-electron chi connectivity index (χ2n) is 4.20. The first-order valence-corrected chi connectivity index (χ1v) is 5.30. The van der Waals surface area contributed by atoms with Crippen LogP contribution in [0.5, 0.6) is 0 Å². The highest BCUT2D eigenvalue weighted by molar-refractivity contribution is 5.78. The number of aryl methyl sites for hydroxylation is 1. The van der Waals surface area contributed by atoms with Gasteiger partial charge in [-0.2, -0.15) is 0 Å². The second kappa shape index (κ2) is 3.96. The maximum Gasteiger partial charge on any atom is 0.191 e. The Labute approximate surface area is 90.4 Å². The summed E-state index contributed by atoms with van der Waals surface area (Å²) in [5.74, 6) is 0.654. The molecule has 1 heterocycles. The van der Waals surface area contributed by atoms with Crippen LogP contribution in [0.15, 0.2) is 23.5 Å². The standard InChI is InChI=1S/C11H18N4/c1-14-6-5-9(8-14)7-13-11(12)15(2)10-3-4-10/h5-6,8,10H,3-4,7H2,1-2H3,(H2,12,13). The number of aromatic nitrogens is 1. The van der Waals surface area contributed by atoms with Crippen LogP contribution < -0.4 is 5.73 Å². The van der Waals surface area contributed by atoms with Gasteiger partial charge in [0.05, 0.1) is 6.54 Å². The van der Waals surface area contributed by atoms with Gasteiger partial charge in [-0.3, -0.25) is 0 Å². The van der Waals surface area contributed by atoms with Gasteiger partial charge in [-0.05, 0) is 24.5 Å². The fourth-order valence-corrected chi connectivity index (χ4v) is 1.59. The largest absolute Gasteiger partial charge is 0.370 e. The van der Waals surface area contributed by atoms with Gasteiger partial charge in [0.2, 0.25) is 0 Å². The van der Waals surface area contributed by atoms with Crippen LogP contribution >= 0.6 is 0 Å². The smallest absolute Gasteiger partial charge is 0.191 e. The van der Waals surface area contributed by atoms with Crippen molar-refractivity contribution >= 4 is 5.96 Å². The summed E-state index contributed by atoms with van der Waals surface area (Å²) < 4.78 is 2.02. The van der Waals surface area contributed by atoms with E-state index in [1.165, 1.54) is 18.4 Å². The van der Waals surface area contributed by atoms with Gasteiger partial charge in [-0.25, -0.2) is 4.99 Å². The monoisotopic (exact) mass is 206 g/mol. The van der Waals surface area contributed by atoms with Crippen LogP contribution in [0.4, 0.5) is 0 Å². The molecule has 0 unspecified atom stereocenters. The molecule has 0 amide bonds. The lowest BCUT2D eigenvalue weighted by Gasteiger charge is -2.16. The zero-order chi connectivity index (χ0) is 10.8. The minimum atomic E-state index is 0.629. The number of guanidine groups is 1. The lowest BCUT2D eigenvalue weighted by Crippen LogP contribution is -2.35. The van der Waals surface area contributed by atoms with E-state index in [4.69, 9.17) is 5.73 Å². The third kappa shape index (κ3) is 2.52. The minimum Gasteiger partial charge on any atom is -0.370 e. The molecule has 0 aromatic carbocycles. The van der Waals surface area contributed by atoms with Crippen molar-refractivity contribution in [1.29, 1.82) is 0 Å². The topological polar surface area (TPSA) is 46.5 Å². The van der Waals surface area contributed by atoms with Crippen molar-refractivity contribution in [3.05, 3.63) is 24.0 Å². The summed E-state index contributed by atoms with van der Waals surface area (Å²) in [5, 5.41) is 0. The Morgan fingerprint density at radius 1 is 1.67 bits per heavy atom. The quantitative estimate of drug-likeness (QED) is 0.591. The molecule has 0 radical (unpaired) electrons. The molecule has 2 N–H and O–H groups in total. The van der Waals surface area contributed by atoms with Crippen LogP contribution in [0.25, 0.3) is 0 Å². The number of rotatable bonds is 3. The Kier molecular flexibility index (Phi) is 2.66. The van der Waals surface area contributed by atoms with Gasteiger partial charge in [0.1, 0.15) is 0 Å². The van der Waals surface area contributed by atoms with E-state index in [0.717, 1.165) is 0 Å². The molecule has 0 aliphatic heterocycles. The first kappa shape index (κ1) is 10.1. The summed E-state index contributed by atoms with van der Waals surface area (Å²) in [6, 6.07) is 2.69. The third-order valence-corrected chi connectivity index (χ3v) is 2.77. The summed E-state index contributed by atoms with van der Waals surface area (Å²) in [7, 11) is 4.02. The fourth-order valence-electron chi connectivity index (χ4n) is 1.59. The molecule has 1 aliphatic carbocycles. The molecule has 0 spiro atoms. The van der Waals surface area contributed by atoms with Crippen LogP contribution in [-0.4, -0.2) is 28.5 Å². The van der Waals surface area contributed by atoms with E-state index in [2.05, 4.69) is 22.2 Å². The molecule has 0 atom stereocenters. The highest BCUT2D eigenvalue weighted by Gasteiger charge is 2.27. The Balaban J connectivity index is 1.92. The van der Waals surface area contributed by atoms with Crippen LogP contribution in [0.2, 0.25) is 0 Å². The first-order valence-electron chi connectivity index (χ1n) is 5.30. The van der Waals surface area contributed by atoms with Gasteiger partial charge >= 0.3 is 0 Å². The van der Waals surface area contributed by atoms with Gasteiger partial charge in [0.15, 0.2) is 5.96 Å². The van der Waals surface area contributed by atoms with Crippen LogP contribution in [0.3, 0.4) is 0 Å². The van der Waals surface area contributed by atoms with Gasteiger partial charge < -0.3 is 15.2 Å². The van der Waals surface area contributed by atoms with E-state index in [0.29, 0.717) is 18.5 Å². The molecule has 1 fully saturated rings. The van der Waals surface area contributed by atoms with Crippen LogP contribution in [-0.2, 0) is 13.6 Å². The molecule has 1 aromatic heterocycles. The van der Waals surface area contributed by atoms with Crippen molar-refractivity contribution < 1.29 is 0 Å². The van der Waals surface area contributed by atoms with Gasteiger partial charge in [-0.1, -0.05) is 0 Å². The maximum absolute atomic E-state index is 5.88. The Bertz CT molecular complexity index is 362. The van der Waals surface area contributed by atoms with Crippen molar-refractivity contribution in [2.45, 2.75) is 25.4 Å². The molecule has 4 nitrogen and oxygen atoms in total. The molecule has 4 heteroatoms. The Morgan fingerprint density at radius 3 is 2.93 bits per heavy atom. The molecule has 0 bridgehead atoms. The third-order valence-electron chi connectivity index (χ3n) is 2.77. The predicted octanol–water partition coefficient (Wildman–Crippen LogP) is 0.934. The Hall–Kier alpha value is -1.45. The van der Waals surface area contributed by atoms with Crippen molar-refractivity contribution in [3.63, 3.8) is 0 Å². The summed E-state index contributed by atoms with van der Waals surface area (Å²) in [4.78, 5) is 6.45. The Morgan fingerprint density at radius 2 is 2.40 bits per heavy atom. The molecule has 0 saturated heterocycles. The number of aliphatic imine (C=N–C) groups is 1. The molecule has 1 aliphatic rings. The normalized spacial score (nSPS) is 16.8. The molecular formula is C11H18N4. The second-order valence-corrected chi connectivity index (χ2v) is 4.20. The number of hydrogen-bond donors (Lipinski definition) is 1. The van der Waals surface area contributed by atoms with E-state index in [-0.39, 0.29) is 0 Å². The highest BCUT2D eigenvalue weighted by atomic mass is 15.3. The first-order chi connectivity index (χ1) is 7.16. The van der Waals surface area contributed by atoms with E-state index < -0.39 is 0 Å². The molecule has 82 valence electrons. The van der Waals surface area contributed by atoms with Crippen molar-refractivity contribution in [2.24, 2.45) is 17.8 Å². The van der Waals surface area contributed by atoms with Gasteiger partial charge in [0.25, 0.3) is 0 Å². The number of hydrogen-bond acceptors (Lipinski definition) is 1. The number of nitrogens with zero attached hydrogens (tertiary/aromatic N) is 3. The summed E-state index contributed by atoms with van der Waals surface area (Å²) in [5.41, 5.74) is 7.08. The van der Waals surface area contributed by atoms with Crippen molar-refractivity contribution in [2.75, 3.05) is 7.05 Å². The van der Waals surface area contributed by atoms with Crippen molar-refractivity contribution in [3.8, 4) is 0 Å².